The monoisotopic (exact) mass is 259 g/mol. The number of rotatable bonds is 4. The molecule has 2 N–H and O–H groups in total. The maximum atomic E-state index is 12.0. The van der Waals surface area contributed by atoms with Crippen LogP contribution in [0.5, 0.6) is 0 Å². The Hall–Kier alpha value is -2.04. The smallest absolute Gasteiger partial charge is 0.272 e. The molecule has 19 heavy (non-hydrogen) atoms. The van der Waals surface area contributed by atoms with Crippen LogP contribution in [0.1, 0.15) is 39.7 Å². The van der Waals surface area contributed by atoms with Crippen LogP contribution >= 0.6 is 0 Å². The van der Waals surface area contributed by atoms with Crippen LogP contribution in [-0.4, -0.2) is 22.6 Å². The number of aromatic amines is 1. The van der Waals surface area contributed by atoms with Crippen molar-refractivity contribution in [2.45, 2.75) is 32.6 Å². The van der Waals surface area contributed by atoms with Gasteiger partial charge in [0.15, 0.2) is 5.69 Å². The van der Waals surface area contributed by atoms with Crippen molar-refractivity contribution in [2.75, 3.05) is 6.54 Å². The molecule has 5 nitrogen and oxygen atoms in total. The second-order valence-corrected chi connectivity index (χ2v) is 4.90. The van der Waals surface area contributed by atoms with E-state index in [4.69, 9.17) is 4.42 Å². The van der Waals surface area contributed by atoms with Crippen LogP contribution in [0, 0.1) is 6.92 Å². The van der Waals surface area contributed by atoms with Gasteiger partial charge in [-0.3, -0.25) is 9.89 Å². The zero-order chi connectivity index (χ0) is 13.2. The molecule has 2 aromatic heterocycles. The third-order valence-electron chi connectivity index (χ3n) is 3.47. The van der Waals surface area contributed by atoms with E-state index in [0.717, 1.165) is 42.0 Å². The van der Waals surface area contributed by atoms with Crippen molar-refractivity contribution in [1.29, 1.82) is 0 Å². The first-order chi connectivity index (χ1) is 9.24. The Morgan fingerprint density at radius 2 is 2.37 bits per heavy atom. The molecule has 0 spiro atoms. The van der Waals surface area contributed by atoms with Gasteiger partial charge in [-0.2, -0.15) is 5.10 Å². The number of aryl methyl sites for hydroxylation is 2. The molecule has 0 aliphatic heterocycles. The number of carbonyl (C=O) groups excluding carboxylic acids is 1. The fourth-order valence-corrected chi connectivity index (χ4v) is 2.51. The van der Waals surface area contributed by atoms with Crippen molar-refractivity contribution in [2.24, 2.45) is 0 Å². The molecule has 1 aliphatic rings. The lowest BCUT2D eigenvalue weighted by atomic mass is 10.2. The lowest BCUT2D eigenvalue weighted by molar-refractivity contribution is 0.0948. The van der Waals surface area contributed by atoms with Gasteiger partial charge in [0.25, 0.3) is 5.91 Å². The molecule has 0 atom stereocenters. The van der Waals surface area contributed by atoms with Crippen LogP contribution in [0.15, 0.2) is 16.5 Å². The summed E-state index contributed by atoms with van der Waals surface area (Å²) >= 11 is 0. The molecule has 2 aromatic rings. The molecule has 0 aromatic carbocycles. The number of furan rings is 1. The number of nitrogens with one attached hydrogen (secondary N) is 2. The van der Waals surface area contributed by atoms with Crippen molar-refractivity contribution in [3.63, 3.8) is 0 Å². The normalized spacial score (nSPS) is 13.5. The minimum Gasteiger partial charge on any atom is -0.466 e. The van der Waals surface area contributed by atoms with E-state index in [1.54, 1.807) is 0 Å². The van der Waals surface area contributed by atoms with Gasteiger partial charge >= 0.3 is 0 Å². The number of nitrogens with zero attached hydrogens (tertiary/aromatic N) is 1. The summed E-state index contributed by atoms with van der Waals surface area (Å²) in [4.78, 5) is 12.0. The molecule has 1 amide bonds. The number of hydrogen-bond donors (Lipinski definition) is 2. The molecule has 5 heteroatoms. The molecule has 3 rings (SSSR count). The van der Waals surface area contributed by atoms with E-state index in [1.807, 2.05) is 19.1 Å². The summed E-state index contributed by atoms with van der Waals surface area (Å²) < 4.78 is 5.46. The number of H-pyrrole nitrogens is 1. The van der Waals surface area contributed by atoms with Crippen LogP contribution in [0.25, 0.3) is 0 Å². The minimum atomic E-state index is -0.0947. The summed E-state index contributed by atoms with van der Waals surface area (Å²) in [5.41, 5.74) is 2.77. The predicted octanol–water partition coefficient (Wildman–Crippen LogP) is 1.77. The largest absolute Gasteiger partial charge is 0.466 e. The van der Waals surface area contributed by atoms with E-state index in [9.17, 15) is 4.79 Å². The summed E-state index contributed by atoms with van der Waals surface area (Å²) in [5, 5.41) is 9.95. The maximum absolute atomic E-state index is 12.0. The van der Waals surface area contributed by atoms with Gasteiger partial charge < -0.3 is 9.73 Å². The predicted molar refractivity (Wildman–Crippen MR) is 70.1 cm³/mol. The van der Waals surface area contributed by atoms with E-state index >= 15 is 0 Å². The lowest BCUT2D eigenvalue weighted by Gasteiger charge is -2.02. The number of fused-ring (bicyclic) bond motifs is 1. The van der Waals surface area contributed by atoms with Crippen LogP contribution in [-0.2, 0) is 19.3 Å². The first-order valence-corrected chi connectivity index (χ1v) is 6.63. The summed E-state index contributed by atoms with van der Waals surface area (Å²) in [7, 11) is 0. The quantitative estimate of drug-likeness (QED) is 0.879. The molecule has 0 saturated carbocycles. The molecule has 0 unspecified atom stereocenters. The highest BCUT2D eigenvalue weighted by molar-refractivity contribution is 5.94. The molecule has 1 aliphatic carbocycles. The van der Waals surface area contributed by atoms with Gasteiger partial charge in [0, 0.05) is 24.2 Å². The summed E-state index contributed by atoms with van der Waals surface area (Å²) in [5.74, 6) is 1.69. The molecular weight excluding hydrogens is 242 g/mol. The van der Waals surface area contributed by atoms with E-state index in [0.29, 0.717) is 18.7 Å². The van der Waals surface area contributed by atoms with Crippen LogP contribution < -0.4 is 5.32 Å². The number of aromatic nitrogens is 2. The van der Waals surface area contributed by atoms with Crippen LogP contribution in [0.2, 0.25) is 0 Å². The summed E-state index contributed by atoms with van der Waals surface area (Å²) in [6.07, 6.45) is 3.76. The van der Waals surface area contributed by atoms with Gasteiger partial charge in [-0.15, -0.1) is 0 Å². The Bertz CT molecular complexity index is 598. The van der Waals surface area contributed by atoms with Crippen molar-refractivity contribution in [3.05, 3.63) is 40.6 Å². The molecule has 2 heterocycles. The fourth-order valence-electron chi connectivity index (χ4n) is 2.51. The highest BCUT2D eigenvalue weighted by Gasteiger charge is 2.22. The highest BCUT2D eigenvalue weighted by Crippen LogP contribution is 2.22. The Morgan fingerprint density at radius 3 is 3.16 bits per heavy atom. The Balaban J connectivity index is 1.56. The fraction of sp³-hybridized carbons (Fsp3) is 0.429. The van der Waals surface area contributed by atoms with Crippen molar-refractivity contribution >= 4 is 5.91 Å². The number of amides is 1. The van der Waals surface area contributed by atoms with Gasteiger partial charge in [-0.1, -0.05) is 0 Å². The van der Waals surface area contributed by atoms with Gasteiger partial charge in [0.1, 0.15) is 11.5 Å². The van der Waals surface area contributed by atoms with E-state index in [2.05, 4.69) is 15.5 Å². The van der Waals surface area contributed by atoms with Crippen molar-refractivity contribution in [1.82, 2.24) is 15.5 Å². The van der Waals surface area contributed by atoms with Crippen LogP contribution in [0.3, 0.4) is 0 Å². The van der Waals surface area contributed by atoms with Crippen molar-refractivity contribution in [3.8, 4) is 0 Å². The molecule has 0 saturated heterocycles. The zero-order valence-corrected chi connectivity index (χ0v) is 11.0. The van der Waals surface area contributed by atoms with Gasteiger partial charge in [0.2, 0.25) is 0 Å². The first-order valence-electron chi connectivity index (χ1n) is 6.63. The average Bonchev–Trinajstić information content (AvgIpc) is 3.04. The van der Waals surface area contributed by atoms with E-state index < -0.39 is 0 Å². The highest BCUT2D eigenvalue weighted by atomic mass is 16.3. The van der Waals surface area contributed by atoms with Gasteiger partial charge in [0.05, 0.1) is 0 Å². The third-order valence-corrected chi connectivity index (χ3v) is 3.47. The molecular formula is C14H17N3O2. The van der Waals surface area contributed by atoms with E-state index in [1.165, 1.54) is 0 Å². The van der Waals surface area contributed by atoms with Crippen LogP contribution in [0.4, 0.5) is 0 Å². The molecule has 0 bridgehead atoms. The first kappa shape index (κ1) is 12.0. The van der Waals surface area contributed by atoms with Crippen molar-refractivity contribution < 1.29 is 9.21 Å². The SMILES string of the molecule is Cc1ccc(CCNC(=O)c2n[nH]c3c2CCC3)o1. The zero-order valence-electron chi connectivity index (χ0n) is 11.0. The summed E-state index contributed by atoms with van der Waals surface area (Å²) in [6.45, 7) is 2.47. The minimum absolute atomic E-state index is 0.0947. The second kappa shape index (κ2) is 4.91. The topological polar surface area (TPSA) is 70.9 Å². The van der Waals surface area contributed by atoms with Gasteiger partial charge in [-0.25, -0.2) is 0 Å². The summed E-state index contributed by atoms with van der Waals surface area (Å²) in [6, 6.07) is 3.87. The second-order valence-electron chi connectivity index (χ2n) is 4.90. The third kappa shape index (κ3) is 2.41. The lowest BCUT2D eigenvalue weighted by Crippen LogP contribution is -2.26. The molecule has 100 valence electrons. The maximum Gasteiger partial charge on any atom is 0.272 e. The Kier molecular flexibility index (Phi) is 3.11. The average molecular weight is 259 g/mol. The number of hydrogen-bond acceptors (Lipinski definition) is 3. The van der Waals surface area contributed by atoms with E-state index in [-0.39, 0.29) is 5.91 Å². The molecule has 0 fully saturated rings. The Labute approximate surface area is 111 Å². The molecule has 0 radical (unpaired) electrons. The number of carbonyl (C=O) groups is 1. The van der Waals surface area contributed by atoms with Gasteiger partial charge in [-0.05, 0) is 38.3 Å². The standard InChI is InChI=1S/C14H17N3O2/c1-9-5-6-10(19-9)7-8-15-14(18)13-11-3-2-4-12(11)16-17-13/h5-6H,2-4,7-8H2,1H3,(H,15,18)(H,16,17). The Morgan fingerprint density at radius 1 is 1.47 bits per heavy atom.